The van der Waals surface area contributed by atoms with Crippen LogP contribution in [-0.4, -0.2) is 19.0 Å². The average molecular weight is 414 g/mol. The molecule has 0 saturated carbocycles. The third-order valence-corrected chi connectivity index (χ3v) is 5.24. The summed E-state index contributed by atoms with van der Waals surface area (Å²) in [5, 5.41) is 0.789. The maximum atomic E-state index is 12.7. The van der Waals surface area contributed by atoms with Crippen LogP contribution in [0.2, 0.25) is 0 Å². The Labute approximate surface area is 179 Å². The number of Topliss-reactive ketones (excluding diaryl/α,β-unsaturated/α-hetero) is 1. The summed E-state index contributed by atoms with van der Waals surface area (Å²) in [7, 11) is 1.61. The molecule has 0 N–H and O–H groups in total. The smallest absolute Gasteiger partial charge is 0.336 e. The standard InChI is InChI=1S/C26H22O5/c1-16-23(30-17(2)25(28)19-7-5-4-6-8-19)14-13-21-22(15-24(27)31-26(16)21)18-9-11-20(29-3)12-10-18/h4-15,17H,1-3H3. The molecule has 0 aliphatic carbocycles. The van der Waals surface area contributed by atoms with Gasteiger partial charge in [-0.3, -0.25) is 4.79 Å². The number of hydrogen-bond donors (Lipinski definition) is 0. The van der Waals surface area contributed by atoms with E-state index >= 15 is 0 Å². The normalized spacial score (nSPS) is 11.8. The first-order valence-corrected chi connectivity index (χ1v) is 9.95. The van der Waals surface area contributed by atoms with Crippen LogP contribution in [0.15, 0.2) is 82.0 Å². The van der Waals surface area contributed by atoms with E-state index in [1.165, 1.54) is 6.07 Å². The Morgan fingerprint density at radius 3 is 2.35 bits per heavy atom. The van der Waals surface area contributed by atoms with Gasteiger partial charge in [-0.25, -0.2) is 4.79 Å². The zero-order valence-corrected chi connectivity index (χ0v) is 17.5. The highest BCUT2D eigenvalue weighted by Crippen LogP contribution is 2.34. The molecule has 3 aromatic carbocycles. The van der Waals surface area contributed by atoms with E-state index in [0.717, 1.165) is 22.3 Å². The van der Waals surface area contributed by atoms with Crippen molar-refractivity contribution >= 4 is 16.8 Å². The number of fused-ring (bicyclic) bond motifs is 1. The van der Waals surface area contributed by atoms with Crippen LogP contribution in [0.5, 0.6) is 11.5 Å². The van der Waals surface area contributed by atoms with Crippen molar-refractivity contribution in [3.8, 4) is 22.6 Å². The molecule has 0 radical (unpaired) electrons. The second-order valence-electron chi connectivity index (χ2n) is 7.26. The summed E-state index contributed by atoms with van der Waals surface area (Å²) < 4.78 is 16.7. The molecule has 4 rings (SSSR count). The number of methoxy groups -OCH3 is 1. The molecule has 31 heavy (non-hydrogen) atoms. The molecule has 0 spiro atoms. The van der Waals surface area contributed by atoms with Crippen LogP contribution in [0.3, 0.4) is 0 Å². The molecule has 0 amide bonds. The lowest BCUT2D eigenvalue weighted by atomic mass is 10.00. The van der Waals surface area contributed by atoms with E-state index in [9.17, 15) is 9.59 Å². The van der Waals surface area contributed by atoms with Crippen molar-refractivity contribution in [3.05, 3.63) is 94.3 Å². The van der Waals surface area contributed by atoms with Crippen LogP contribution in [-0.2, 0) is 0 Å². The molecule has 1 heterocycles. The van der Waals surface area contributed by atoms with E-state index in [-0.39, 0.29) is 5.78 Å². The number of hydrogen-bond acceptors (Lipinski definition) is 5. The summed E-state index contributed by atoms with van der Waals surface area (Å²) in [4.78, 5) is 25.0. The number of ether oxygens (including phenoxy) is 2. The number of carbonyl (C=O) groups excluding carboxylic acids is 1. The van der Waals surface area contributed by atoms with Crippen molar-refractivity contribution in [2.24, 2.45) is 0 Å². The first-order valence-electron chi connectivity index (χ1n) is 9.95. The van der Waals surface area contributed by atoms with Crippen molar-refractivity contribution in [2.75, 3.05) is 7.11 Å². The van der Waals surface area contributed by atoms with Gasteiger partial charge in [0.05, 0.1) is 7.11 Å². The Bertz CT molecular complexity index is 1290. The number of carbonyl (C=O) groups is 1. The van der Waals surface area contributed by atoms with Crippen molar-refractivity contribution in [1.82, 2.24) is 0 Å². The lowest BCUT2D eigenvalue weighted by Gasteiger charge is -2.17. The quantitative estimate of drug-likeness (QED) is 0.311. The predicted octanol–water partition coefficient (Wildman–Crippen LogP) is 5.43. The fraction of sp³-hybridized carbons (Fsp3) is 0.154. The van der Waals surface area contributed by atoms with Gasteiger partial charge in [-0.15, -0.1) is 0 Å². The molecule has 1 aromatic heterocycles. The lowest BCUT2D eigenvalue weighted by Crippen LogP contribution is -2.24. The van der Waals surface area contributed by atoms with Crippen molar-refractivity contribution in [3.63, 3.8) is 0 Å². The average Bonchev–Trinajstić information content (AvgIpc) is 2.80. The van der Waals surface area contributed by atoms with Gasteiger partial charge < -0.3 is 13.9 Å². The third kappa shape index (κ3) is 4.08. The molecule has 0 fully saturated rings. The maximum Gasteiger partial charge on any atom is 0.336 e. The second-order valence-corrected chi connectivity index (χ2v) is 7.26. The van der Waals surface area contributed by atoms with Crippen LogP contribution < -0.4 is 15.1 Å². The minimum atomic E-state index is -0.685. The highest BCUT2D eigenvalue weighted by molar-refractivity contribution is 5.99. The first-order chi connectivity index (χ1) is 15.0. The highest BCUT2D eigenvalue weighted by Gasteiger charge is 2.19. The molecule has 5 heteroatoms. The molecule has 1 atom stereocenters. The Kier molecular flexibility index (Phi) is 5.58. The van der Waals surface area contributed by atoms with E-state index in [1.807, 2.05) is 55.5 Å². The molecule has 0 bridgehead atoms. The van der Waals surface area contributed by atoms with Crippen molar-refractivity contribution in [1.29, 1.82) is 0 Å². The minimum absolute atomic E-state index is 0.117. The monoisotopic (exact) mass is 414 g/mol. The Morgan fingerprint density at radius 2 is 1.68 bits per heavy atom. The van der Waals surface area contributed by atoms with Gasteiger partial charge in [-0.05, 0) is 49.2 Å². The summed E-state index contributed by atoms with van der Waals surface area (Å²) in [6.07, 6.45) is -0.685. The molecule has 0 aliphatic heterocycles. The lowest BCUT2D eigenvalue weighted by molar-refractivity contribution is 0.0817. The summed E-state index contributed by atoms with van der Waals surface area (Å²) in [6.45, 7) is 3.53. The molecular weight excluding hydrogens is 392 g/mol. The summed E-state index contributed by atoms with van der Waals surface area (Å²) in [5.41, 5.74) is 2.87. The maximum absolute atomic E-state index is 12.7. The third-order valence-electron chi connectivity index (χ3n) is 5.24. The fourth-order valence-electron chi connectivity index (χ4n) is 3.56. The number of aryl methyl sites for hydroxylation is 1. The van der Waals surface area contributed by atoms with Crippen LogP contribution in [0, 0.1) is 6.92 Å². The van der Waals surface area contributed by atoms with Crippen LogP contribution in [0.4, 0.5) is 0 Å². The van der Waals surface area contributed by atoms with Crippen molar-refractivity contribution < 1.29 is 18.7 Å². The van der Waals surface area contributed by atoms with Gasteiger partial charge in [-0.1, -0.05) is 42.5 Å². The molecule has 1 unspecified atom stereocenters. The largest absolute Gasteiger partial charge is 0.497 e. The fourth-order valence-corrected chi connectivity index (χ4v) is 3.56. The summed E-state index contributed by atoms with van der Waals surface area (Å²) >= 11 is 0. The second kappa shape index (κ2) is 8.48. The van der Waals surface area contributed by atoms with Gasteiger partial charge in [0.1, 0.15) is 17.1 Å². The predicted molar refractivity (Wildman–Crippen MR) is 120 cm³/mol. The van der Waals surface area contributed by atoms with Gasteiger partial charge in [-0.2, -0.15) is 0 Å². The van der Waals surface area contributed by atoms with Gasteiger partial charge in [0.2, 0.25) is 5.78 Å². The zero-order valence-electron chi connectivity index (χ0n) is 17.5. The van der Waals surface area contributed by atoms with Crippen molar-refractivity contribution in [2.45, 2.75) is 20.0 Å². The van der Waals surface area contributed by atoms with Crippen LogP contribution >= 0.6 is 0 Å². The number of benzene rings is 3. The van der Waals surface area contributed by atoms with E-state index in [0.29, 0.717) is 22.5 Å². The topological polar surface area (TPSA) is 65.7 Å². The van der Waals surface area contributed by atoms with E-state index < -0.39 is 11.7 Å². The minimum Gasteiger partial charge on any atom is -0.497 e. The Hall–Kier alpha value is -3.86. The van der Waals surface area contributed by atoms with Gasteiger partial charge in [0.15, 0.2) is 6.10 Å². The highest BCUT2D eigenvalue weighted by atomic mass is 16.5. The molecule has 0 aliphatic rings. The van der Waals surface area contributed by atoms with Gasteiger partial charge >= 0.3 is 5.63 Å². The van der Waals surface area contributed by atoms with Crippen LogP contribution in [0.1, 0.15) is 22.8 Å². The van der Waals surface area contributed by atoms with E-state index in [4.69, 9.17) is 13.9 Å². The zero-order chi connectivity index (χ0) is 22.0. The van der Waals surface area contributed by atoms with Gasteiger partial charge in [0, 0.05) is 22.6 Å². The molecule has 0 saturated heterocycles. The Balaban J connectivity index is 1.72. The molecule has 5 nitrogen and oxygen atoms in total. The van der Waals surface area contributed by atoms with Crippen LogP contribution in [0.25, 0.3) is 22.1 Å². The summed E-state index contributed by atoms with van der Waals surface area (Å²) in [5.74, 6) is 1.12. The molecule has 4 aromatic rings. The Morgan fingerprint density at radius 1 is 0.968 bits per heavy atom. The first kappa shape index (κ1) is 20.4. The number of ketones is 1. The SMILES string of the molecule is COc1ccc(-c2cc(=O)oc3c(C)c(OC(C)C(=O)c4ccccc4)ccc23)cc1. The molecular formula is C26H22O5. The summed E-state index contributed by atoms with van der Waals surface area (Å²) in [6, 6.07) is 21.6. The van der Waals surface area contributed by atoms with E-state index in [2.05, 4.69) is 0 Å². The van der Waals surface area contributed by atoms with Gasteiger partial charge in [0.25, 0.3) is 0 Å². The van der Waals surface area contributed by atoms with E-state index in [1.54, 1.807) is 32.2 Å². The molecule has 156 valence electrons. The number of rotatable bonds is 6.